The fourth-order valence-corrected chi connectivity index (χ4v) is 5.92. The van der Waals surface area contributed by atoms with Gasteiger partial charge in [0.25, 0.3) is 10.2 Å². The molecule has 2 fully saturated rings. The number of piperidine rings is 1. The molecule has 0 bridgehead atoms. The molecule has 2 saturated heterocycles. The number of hydrogen-bond donors (Lipinski definition) is 1. The molecule has 19 heavy (non-hydrogen) atoms. The molecular formula is C12H24N2O3S2. The average Bonchev–Trinajstić information content (AvgIpc) is 2.37. The van der Waals surface area contributed by atoms with Crippen molar-refractivity contribution in [2.45, 2.75) is 31.4 Å². The topological polar surface area (TPSA) is 60.9 Å². The van der Waals surface area contributed by atoms with Crippen LogP contribution < -0.4 is 0 Å². The van der Waals surface area contributed by atoms with Crippen molar-refractivity contribution in [1.29, 1.82) is 0 Å². The molecule has 2 aliphatic rings. The van der Waals surface area contributed by atoms with Crippen LogP contribution in [0.25, 0.3) is 0 Å². The molecule has 2 rings (SSSR count). The molecule has 2 heterocycles. The van der Waals surface area contributed by atoms with Gasteiger partial charge >= 0.3 is 0 Å². The van der Waals surface area contributed by atoms with Gasteiger partial charge in [-0.1, -0.05) is 0 Å². The second kappa shape index (κ2) is 5.89. The van der Waals surface area contributed by atoms with Crippen LogP contribution in [0.2, 0.25) is 0 Å². The van der Waals surface area contributed by atoms with Gasteiger partial charge in [0.2, 0.25) is 0 Å². The van der Waals surface area contributed by atoms with Crippen LogP contribution in [-0.2, 0) is 10.2 Å². The van der Waals surface area contributed by atoms with Crippen LogP contribution in [0.4, 0.5) is 0 Å². The minimum Gasteiger partial charge on any atom is -0.396 e. The van der Waals surface area contributed by atoms with Gasteiger partial charge in [0.05, 0.1) is 0 Å². The summed E-state index contributed by atoms with van der Waals surface area (Å²) in [5.74, 6) is 0.944. The second-order valence-electron chi connectivity index (χ2n) is 6.00. The maximum Gasteiger partial charge on any atom is 0.282 e. The lowest BCUT2D eigenvalue weighted by molar-refractivity contribution is 0.160. The third-order valence-electron chi connectivity index (χ3n) is 3.78. The quantitative estimate of drug-likeness (QED) is 0.836. The van der Waals surface area contributed by atoms with Crippen molar-refractivity contribution >= 4 is 22.0 Å². The smallest absolute Gasteiger partial charge is 0.282 e. The highest BCUT2D eigenvalue weighted by Crippen LogP contribution is 2.32. The number of thioether (sulfide) groups is 1. The van der Waals surface area contributed by atoms with Crippen molar-refractivity contribution in [1.82, 2.24) is 8.61 Å². The molecule has 0 saturated carbocycles. The Bertz CT molecular complexity index is 411. The normalized spacial score (nSPS) is 30.4. The first-order valence-electron chi connectivity index (χ1n) is 6.85. The fraction of sp³-hybridized carbons (Fsp3) is 1.00. The van der Waals surface area contributed by atoms with E-state index in [1.54, 1.807) is 8.61 Å². The van der Waals surface area contributed by atoms with E-state index in [4.69, 9.17) is 0 Å². The van der Waals surface area contributed by atoms with Crippen LogP contribution in [0, 0.1) is 5.92 Å². The van der Waals surface area contributed by atoms with Crippen LogP contribution in [0.3, 0.4) is 0 Å². The molecule has 112 valence electrons. The average molecular weight is 308 g/mol. The van der Waals surface area contributed by atoms with Crippen LogP contribution in [0.1, 0.15) is 26.7 Å². The highest BCUT2D eigenvalue weighted by Gasteiger charge is 2.38. The summed E-state index contributed by atoms with van der Waals surface area (Å²) in [6.07, 6.45) is 1.76. The Hall–Kier alpha value is 0.180. The number of aliphatic hydroxyl groups is 1. The summed E-state index contributed by atoms with van der Waals surface area (Å²) in [7, 11) is -3.36. The lowest BCUT2D eigenvalue weighted by Crippen LogP contribution is -2.53. The Morgan fingerprint density at radius 2 is 2.05 bits per heavy atom. The minimum absolute atomic E-state index is 0.0164. The SMILES string of the molecule is CC1(C)CN(S(=O)(=O)N2CCCC(CO)C2)CCS1. The zero-order valence-electron chi connectivity index (χ0n) is 11.7. The predicted octanol–water partition coefficient (Wildman–Crippen LogP) is 0.763. The Morgan fingerprint density at radius 3 is 2.68 bits per heavy atom. The zero-order valence-corrected chi connectivity index (χ0v) is 13.3. The van der Waals surface area contributed by atoms with Crippen molar-refractivity contribution in [2.75, 3.05) is 38.5 Å². The zero-order chi connectivity index (χ0) is 14.1. The molecule has 0 aromatic heterocycles. The lowest BCUT2D eigenvalue weighted by Gasteiger charge is -2.40. The molecule has 1 unspecified atom stereocenters. The molecule has 0 radical (unpaired) electrons. The van der Waals surface area contributed by atoms with Crippen LogP contribution in [-0.4, -0.2) is 65.4 Å². The van der Waals surface area contributed by atoms with Crippen LogP contribution >= 0.6 is 11.8 Å². The number of nitrogens with zero attached hydrogens (tertiary/aromatic N) is 2. The van der Waals surface area contributed by atoms with Crippen LogP contribution in [0.15, 0.2) is 0 Å². The first kappa shape index (κ1) is 15.6. The second-order valence-corrected chi connectivity index (χ2v) is 9.73. The van der Waals surface area contributed by atoms with Gasteiger partial charge in [-0.3, -0.25) is 0 Å². The lowest BCUT2D eigenvalue weighted by atomic mass is 10.0. The van der Waals surface area contributed by atoms with E-state index < -0.39 is 10.2 Å². The maximum absolute atomic E-state index is 12.7. The number of hydrogen-bond acceptors (Lipinski definition) is 4. The van der Waals surface area contributed by atoms with Crippen molar-refractivity contribution in [3.05, 3.63) is 0 Å². The van der Waals surface area contributed by atoms with Crippen LogP contribution in [0.5, 0.6) is 0 Å². The monoisotopic (exact) mass is 308 g/mol. The van der Waals surface area contributed by atoms with Crippen molar-refractivity contribution in [2.24, 2.45) is 5.92 Å². The molecule has 1 N–H and O–H groups in total. The molecule has 1 atom stereocenters. The van der Waals surface area contributed by atoms with Crippen molar-refractivity contribution < 1.29 is 13.5 Å². The van der Waals surface area contributed by atoms with Gasteiger partial charge in [0.1, 0.15) is 0 Å². The summed E-state index contributed by atoms with van der Waals surface area (Å²) in [6.45, 7) is 6.47. The Kier molecular flexibility index (Phi) is 4.83. The minimum atomic E-state index is -3.36. The first-order valence-corrected chi connectivity index (χ1v) is 9.23. The summed E-state index contributed by atoms with van der Waals surface area (Å²) in [5, 5.41) is 9.23. The third kappa shape index (κ3) is 3.64. The summed E-state index contributed by atoms with van der Waals surface area (Å²) in [5.41, 5.74) is 0. The summed E-state index contributed by atoms with van der Waals surface area (Å²) in [4.78, 5) is 0. The van der Waals surface area contributed by atoms with Gasteiger partial charge in [-0.15, -0.1) is 0 Å². The summed E-state index contributed by atoms with van der Waals surface area (Å²) >= 11 is 1.83. The Balaban J connectivity index is 2.08. The van der Waals surface area contributed by atoms with Crippen molar-refractivity contribution in [3.8, 4) is 0 Å². The number of rotatable bonds is 3. The molecule has 5 nitrogen and oxygen atoms in total. The molecule has 0 aliphatic carbocycles. The van der Waals surface area contributed by atoms with E-state index in [-0.39, 0.29) is 17.3 Å². The van der Waals surface area contributed by atoms with E-state index in [0.717, 1.165) is 18.6 Å². The molecule has 7 heteroatoms. The molecule has 0 aromatic rings. The third-order valence-corrected chi connectivity index (χ3v) is 7.03. The molecule has 2 aliphatic heterocycles. The standard InChI is InChI=1S/C12H24N2O3S2/c1-12(2)10-14(6-7-18-12)19(16,17)13-5-3-4-11(8-13)9-15/h11,15H,3-10H2,1-2H3. The molecule has 0 aromatic carbocycles. The van der Waals surface area contributed by atoms with E-state index in [1.165, 1.54) is 0 Å². The van der Waals surface area contributed by atoms with E-state index in [1.807, 2.05) is 11.8 Å². The van der Waals surface area contributed by atoms with E-state index in [0.29, 0.717) is 26.2 Å². The van der Waals surface area contributed by atoms with Gasteiger partial charge in [-0.05, 0) is 32.6 Å². The highest BCUT2D eigenvalue weighted by molar-refractivity contribution is 8.00. The predicted molar refractivity (Wildman–Crippen MR) is 78.4 cm³/mol. The Morgan fingerprint density at radius 1 is 1.32 bits per heavy atom. The van der Waals surface area contributed by atoms with Gasteiger partial charge in [0, 0.05) is 43.3 Å². The molecule has 0 amide bonds. The van der Waals surface area contributed by atoms with Gasteiger partial charge in [-0.25, -0.2) is 0 Å². The first-order chi connectivity index (χ1) is 8.85. The summed E-state index contributed by atoms with van der Waals surface area (Å²) < 4.78 is 28.5. The Labute approximate surface area is 120 Å². The van der Waals surface area contributed by atoms with Gasteiger partial charge in [0.15, 0.2) is 0 Å². The largest absolute Gasteiger partial charge is 0.396 e. The van der Waals surface area contributed by atoms with Gasteiger partial charge < -0.3 is 5.11 Å². The van der Waals surface area contributed by atoms with E-state index in [9.17, 15) is 13.5 Å². The van der Waals surface area contributed by atoms with E-state index in [2.05, 4.69) is 13.8 Å². The van der Waals surface area contributed by atoms with E-state index >= 15 is 0 Å². The maximum atomic E-state index is 12.7. The highest BCUT2D eigenvalue weighted by atomic mass is 32.2. The summed E-state index contributed by atoms with van der Waals surface area (Å²) in [6, 6.07) is 0. The molecule has 0 spiro atoms. The fourth-order valence-electron chi connectivity index (χ4n) is 2.72. The van der Waals surface area contributed by atoms with Crippen molar-refractivity contribution in [3.63, 3.8) is 0 Å². The van der Waals surface area contributed by atoms with Gasteiger partial charge in [-0.2, -0.15) is 28.8 Å². The number of aliphatic hydroxyl groups excluding tert-OH is 1. The molecular weight excluding hydrogens is 284 g/mol.